The molecule has 0 aliphatic rings. The molecule has 0 radical (unpaired) electrons. The first kappa shape index (κ1) is 16.0. The van der Waals surface area contributed by atoms with Crippen molar-refractivity contribution in [1.29, 1.82) is 0 Å². The van der Waals surface area contributed by atoms with Crippen LogP contribution in [0.5, 0.6) is 0 Å². The number of rotatable bonds is 2. The highest BCUT2D eigenvalue weighted by molar-refractivity contribution is 5.71. The van der Waals surface area contributed by atoms with E-state index in [0.717, 1.165) is 6.07 Å². The number of nitrogens with zero attached hydrogens (tertiary/aromatic N) is 2. The van der Waals surface area contributed by atoms with Gasteiger partial charge in [0.15, 0.2) is 0 Å². The van der Waals surface area contributed by atoms with Crippen LogP contribution in [0.25, 0.3) is 22.4 Å². The van der Waals surface area contributed by atoms with Gasteiger partial charge >= 0.3 is 6.18 Å². The molecule has 0 atom stereocenters. The number of aryl methyl sites for hydroxylation is 1. The van der Waals surface area contributed by atoms with E-state index >= 15 is 0 Å². The summed E-state index contributed by atoms with van der Waals surface area (Å²) in [5.74, 6) is 0. The maximum absolute atomic E-state index is 13.3. The molecule has 3 rings (SSSR count). The highest BCUT2D eigenvalue weighted by Gasteiger charge is 2.34. The fourth-order valence-electron chi connectivity index (χ4n) is 2.54. The van der Waals surface area contributed by atoms with Crippen molar-refractivity contribution in [2.24, 2.45) is 7.05 Å². The molecule has 0 amide bonds. The standard InChI is InChI=1S/C18H13F3N2O/c1-23-11-14(12-7-3-2-4-8-12)17(24)16(22-23)13-9-5-6-10-15(13)18(19,20)21/h2-11H,1H3. The molecule has 0 N–H and O–H groups in total. The summed E-state index contributed by atoms with van der Waals surface area (Å²) in [6.45, 7) is 0. The van der Waals surface area contributed by atoms with Crippen molar-refractivity contribution in [2.45, 2.75) is 6.18 Å². The molecule has 0 bridgehead atoms. The Morgan fingerprint density at radius 3 is 2.21 bits per heavy atom. The van der Waals surface area contributed by atoms with E-state index < -0.39 is 17.2 Å². The van der Waals surface area contributed by atoms with E-state index in [2.05, 4.69) is 5.10 Å². The summed E-state index contributed by atoms with van der Waals surface area (Å²) in [4.78, 5) is 12.8. The predicted molar refractivity (Wildman–Crippen MR) is 85.4 cm³/mol. The van der Waals surface area contributed by atoms with Gasteiger partial charge in [0.25, 0.3) is 0 Å². The molecule has 0 aliphatic carbocycles. The Balaban J connectivity index is 2.29. The highest BCUT2D eigenvalue weighted by atomic mass is 19.4. The van der Waals surface area contributed by atoms with Gasteiger partial charge in [-0.2, -0.15) is 18.3 Å². The van der Waals surface area contributed by atoms with Crippen LogP contribution in [0.1, 0.15) is 5.56 Å². The van der Waals surface area contributed by atoms with Crippen molar-refractivity contribution in [2.75, 3.05) is 0 Å². The maximum Gasteiger partial charge on any atom is 0.417 e. The molecule has 0 saturated carbocycles. The zero-order valence-electron chi connectivity index (χ0n) is 12.7. The Morgan fingerprint density at radius 2 is 1.54 bits per heavy atom. The van der Waals surface area contributed by atoms with E-state index in [1.807, 2.05) is 0 Å². The number of benzene rings is 2. The van der Waals surface area contributed by atoms with E-state index in [1.165, 1.54) is 29.1 Å². The van der Waals surface area contributed by atoms with E-state index in [-0.39, 0.29) is 11.3 Å². The second-order valence-electron chi connectivity index (χ2n) is 5.30. The molecule has 1 heterocycles. The van der Waals surface area contributed by atoms with Crippen molar-refractivity contribution in [3.8, 4) is 22.4 Å². The molecule has 0 spiro atoms. The number of hydrogen-bond donors (Lipinski definition) is 0. The van der Waals surface area contributed by atoms with Gasteiger partial charge < -0.3 is 0 Å². The van der Waals surface area contributed by atoms with Crippen LogP contribution >= 0.6 is 0 Å². The first-order chi connectivity index (χ1) is 11.4. The number of aromatic nitrogens is 2. The first-order valence-corrected chi connectivity index (χ1v) is 7.18. The Bertz CT molecular complexity index is 931. The van der Waals surface area contributed by atoms with Gasteiger partial charge in [0.1, 0.15) is 5.69 Å². The molecule has 3 nitrogen and oxygen atoms in total. The van der Waals surface area contributed by atoms with Gasteiger partial charge in [-0.15, -0.1) is 0 Å². The molecule has 0 fully saturated rings. The average Bonchev–Trinajstić information content (AvgIpc) is 2.56. The van der Waals surface area contributed by atoms with Gasteiger partial charge in [0.2, 0.25) is 5.43 Å². The molecule has 24 heavy (non-hydrogen) atoms. The molecule has 2 aromatic carbocycles. The van der Waals surface area contributed by atoms with Crippen LogP contribution in [-0.4, -0.2) is 9.78 Å². The van der Waals surface area contributed by atoms with Crippen LogP contribution in [-0.2, 0) is 13.2 Å². The Labute approximate surface area is 136 Å². The lowest BCUT2D eigenvalue weighted by molar-refractivity contribution is -0.137. The van der Waals surface area contributed by atoms with Crippen LogP contribution in [0.3, 0.4) is 0 Å². The van der Waals surface area contributed by atoms with Gasteiger partial charge in [-0.05, 0) is 11.6 Å². The van der Waals surface area contributed by atoms with Crippen LogP contribution in [0.15, 0.2) is 65.6 Å². The maximum atomic E-state index is 13.3. The summed E-state index contributed by atoms with van der Waals surface area (Å²) >= 11 is 0. The van der Waals surface area contributed by atoms with E-state index in [0.29, 0.717) is 11.1 Å². The van der Waals surface area contributed by atoms with Gasteiger partial charge in [-0.1, -0.05) is 48.5 Å². The van der Waals surface area contributed by atoms with Crippen molar-refractivity contribution in [1.82, 2.24) is 9.78 Å². The molecule has 6 heteroatoms. The largest absolute Gasteiger partial charge is 0.417 e. The second-order valence-corrected chi connectivity index (χ2v) is 5.30. The van der Waals surface area contributed by atoms with Crippen molar-refractivity contribution in [3.05, 3.63) is 76.6 Å². The fourth-order valence-corrected chi connectivity index (χ4v) is 2.54. The van der Waals surface area contributed by atoms with Crippen molar-refractivity contribution < 1.29 is 13.2 Å². The van der Waals surface area contributed by atoms with E-state index in [1.54, 1.807) is 37.4 Å². The monoisotopic (exact) mass is 330 g/mol. The van der Waals surface area contributed by atoms with Gasteiger partial charge in [-0.25, -0.2) is 0 Å². The summed E-state index contributed by atoms with van der Waals surface area (Å²) in [6.07, 6.45) is -3.05. The zero-order valence-corrected chi connectivity index (χ0v) is 12.7. The SMILES string of the molecule is Cn1cc(-c2ccccc2)c(=O)c(-c2ccccc2C(F)(F)F)n1. The number of alkyl halides is 3. The third-order valence-corrected chi connectivity index (χ3v) is 3.61. The fraction of sp³-hybridized carbons (Fsp3) is 0.111. The van der Waals surface area contributed by atoms with Crippen LogP contribution in [0.4, 0.5) is 13.2 Å². The smallest absolute Gasteiger partial charge is 0.287 e. The Morgan fingerprint density at radius 1 is 0.917 bits per heavy atom. The topological polar surface area (TPSA) is 34.9 Å². The summed E-state index contributed by atoms with van der Waals surface area (Å²) in [5.41, 5.74) is -0.905. The third-order valence-electron chi connectivity index (χ3n) is 3.61. The lowest BCUT2D eigenvalue weighted by Gasteiger charge is -2.13. The zero-order chi connectivity index (χ0) is 17.3. The van der Waals surface area contributed by atoms with Crippen molar-refractivity contribution >= 4 is 0 Å². The van der Waals surface area contributed by atoms with E-state index in [9.17, 15) is 18.0 Å². The number of halogens is 3. The summed E-state index contributed by atoms with van der Waals surface area (Å²) in [6, 6.07) is 13.8. The molecular weight excluding hydrogens is 317 g/mol. The molecule has 0 unspecified atom stereocenters. The Kier molecular flexibility index (Phi) is 3.97. The highest BCUT2D eigenvalue weighted by Crippen LogP contribution is 2.35. The molecule has 0 saturated heterocycles. The molecule has 0 aliphatic heterocycles. The van der Waals surface area contributed by atoms with Gasteiger partial charge in [0.05, 0.1) is 5.56 Å². The molecule has 3 aromatic rings. The minimum atomic E-state index is -4.56. The van der Waals surface area contributed by atoms with E-state index in [4.69, 9.17) is 0 Å². The third kappa shape index (κ3) is 2.95. The molecular formula is C18H13F3N2O. The number of hydrogen-bond acceptors (Lipinski definition) is 2. The first-order valence-electron chi connectivity index (χ1n) is 7.18. The Hall–Kier alpha value is -2.89. The molecule has 122 valence electrons. The predicted octanol–water partition coefficient (Wildman–Crippen LogP) is 4.13. The normalized spacial score (nSPS) is 11.5. The quantitative estimate of drug-likeness (QED) is 0.708. The van der Waals surface area contributed by atoms with Gasteiger partial charge in [0, 0.05) is 24.4 Å². The summed E-state index contributed by atoms with van der Waals surface area (Å²) in [5, 5.41) is 4.01. The second kappa shape index (κ2) is 5.96. The summed E-state index contributed by atoms with van der Waals surface area (Å²) < 4.78 is 41.1. The van der Waals surface area contributed by atoms with Crippen LogP contribution < -0.4 is 5.43 Å². The lowest BCUT2D eigenvalue weighted by atomic mass is 10.0. The lowest BCUT2D eigenvalue weighted by Crippen LogP contribution is -2.18. The minimum absolute atomic E-state index is 0.216. The van der Waals surface area contributed by atoms with Gasteiger partial charge in [-0.3, -0.25) is 9.48 Å². The van der Waals surface area contributed by atoms with Crippen LogP contribution in [0, 0.1) is 0 Å². The minimum Gasteiger partial charge on any atom is -0.287 e. The summed E-state index contributed by atoms with van der Waals surface area (Å²) in [7, 11) is 1.57. The van der Waals surface area contributed by atoms with Crippen molar-refractivity contribution in [3.63, 3.8) is 0 Å². The van der Waals surface area contributed by atoms with Crippen LogP contribution in [0.2, 0.25) is 0 Å². The average molecular weight is 330 g/mol. The molecule has 1 aromatic heterocycles.